The molecule has 0 fully saturated rings. The lowest BCUT2D eigenvalue weighted by atomic mass is 10.2. The SMILES string of the molecule is COc1c(CNCC(=O)O)c(C)nn1C. The number of carboxylic acids is 1. The van der Waals surface area contributed by atoms with Crippen molar-refractivity contribution in [1.29, 1.82) is 0 Å². The first-order chi connectivity index (χ1) is 7.06. The summed E-state index contributed by atoms with van der Waals surface area (Å²) >= 11 is 0. The van der Waals surface area contributed by atoms with Gasteiger partial charge in [0.25, 0.3) is 0 Å². The Morgan fingerprint density at radius 2 is 2.33 bits per heavy atom. The van der Waals surface area contributed by atoms with E-state index in [4.69, 9.17) is 9.84 Å². The first-order valence-corrected chi connectivity index (χ1v) is 4.55. The Hall–Kier alpha value is -1.56. The number of nitrogens with zero attached hydrogens (tertiary/aromatic N) is 2. The average molecular weight is 213 g/mol. The number of carboxylic acid groups (broad SMARTS) is 1. The van der Waals surface area contributed by atoms with Gasteiger partial charge in [-0.15, -0.1) is 0 Å². The number of methoxy groups -OCH3 is 1. The fourth-order valence-electron chi connectivity index (χ4n) is 1.43. The van der Waals surface area contributed by atoms with Gasteiger partial charge in [0.2, 0.25) is 5.88 Å². The van der Waals surface area contributed by atoms with Crippen LogP contribution in [0.5, 0.6) is 5.88 Å². The maximum Gasteiger partial charge on any atom is 0.317 e. The summed E-state index contributed by atoms with van der Waals surface area (Å²) in [5.41, 5.74) is 1.73. The van der Waals surface area contributed by atoms with Crippen LogP contribution in [0, 0.1) is 6.92 Å². The molecule has 0 atom stereocenters. The maximum atomic E-state index is 10.3. The second kappa shape index (κ2) is 4.79. The first-order valence-electron chi connectivity index (χ1n) is 4.55. The summed E-state index contributed by atoms with van der Waals surface area (Å²) in [6.07, 6.45) is 0. The molecule has 0 saturated carbocycles. The maximum absolute atomic E-state index is 10.3. The van der Waals surface area contributed by atoms with Crippen LogP contribution in [0.4, 0.5) is 0 Å². The summed E-state index contributed by atoms with van der Waals surface area (Å²) in [5, 5.41) is 15.5. The molecule has 84 valence electrons. The molecule has 0 aliphatic carbocycles. The molecule has 0 spiro atoms. The fourth-order valence-corrected chi connectivity index (χ4v) is 1.43. The second-order valence-corrected chi connectivity index (χ2v) is 3.19. The summed E-state index contributed by atoms with van der Waals surface area (Å²) in [6, 6.07) is 0. The number of nitrogens with one attached hydrogen (secondary N) is 1. The Kier molecular flexibility index (Phi) is 3.68. The van der Waals surface area contributed by atoms with E-state index in [0.717, 1.165) is 11.3 Å². The molecule has 6 heteroatoms. The molecule has 0 unspecified atom stereocenters. The van der Waals surface area contributed by atoms with Crippen molar-refractivity contribution in [3.05, 3.63) is 11.3 Å². The first kappa shape index (κ1) is 11.5. The molecule has 0 radical (unpaired) electrons. The van der Waals surface area contributed by atoms with Gasteiger partial charge in [0, 0.05) is 13.6 Å². The summed E-state index contributed by atoms with van der Waals surface area (Å²) in [6.45, 7) is 2.23. The van der Waals surface area contributed by atoms with E-state index in [9.17, 15) is 4.79 Å². The van der Waals surface area contributed by atoms with Crippen LogP contribution in [0.15, 0.2) is 0 Å². The van der Waals surface area contributed by atoms with E-state index >= 15 is 0 Å². The molecule has 1 heterocycles. The third-order valence-electron chi connectivity index (χ3n) is 2.06. The van der Waals surface area contributed by atoms with Crippen LogP contribution in [0.25, 0.3) is 0 Å². The molecule has 0 aliphatic heterocycles. The summed E-state index contributed by atoms with van der Waals surface area (Å²) in [7, 11) is 3.35. The van der Waals surface area contributed by atoms with Gasteiger partial charge < -0.3 is 15.2 Å². The molecule has 6 nitrogen and oxygen atoms in total. The van der Waals surface area contributed by atoms with Gasteiger partial charge in [0.1, 0.15) is 0 Å². The van der Waals surface area contributed by atoms with Crippen molar-refractivity contribution in [1.82, 2.24) is 15.1 Å². The molecule has 0 bridgehead atoms. The smallest absolute Gasteiger partial charge is 0.317 e. The Bertz CT molecular complexity index is 360. The fraction of sp³-hybridized carbons (Fsp3) is 0.556. The molecule has 15 heavy (non-hydrogen) atoms. The third-order valence-corrected chi connectivity index (χ3v) is 2.06. The number of carbonyl (C=O) groups is 1. The van der Waals surface area contributed by atoms with Crippen molar-refractivity contribution in [3.8, 4) is 5.88 Å². The molecule has 1 aromatic rings. The third kappa shape index (κ3) is 2.69. The van der Waals surface area contributed by atoms with E-state index < -0.39 is 5.97 Å². The topological polar surface area (TPSA) is 76.4 Å². The number of aryl methyl sites for hydroxylation is 2. The van der Waals surface area contributed by atoms with Crippen molar-refractivity contribution >= 4 is 5.97 Å². The lowest BCUT2D eigenvalue weighted by Crippen LogP contribution is -2.22. The molecule has 0 amide bonds. The number of hydrogen-bond acceptors (Lipinski definition) is 4. The molecule has 0 aromatic carbocycles. The normalized spacial score (nSPS) is 10.3. The standard InChI is InChI=1S/C9H15N3O3/c1-6-7(4-10-5-8(13)14)9(15-3)12(2)11-6/h10H,4-5H2,1-3H3,(H,13,14). The molecule has 0 saturated heterocycles. The minimum Gasteiger partial charge on any atom is -0.481 e. The van der Waals surface area contributed by atoms with Crippen LogP contribution in [0.1, 0.15) is 11.3 Å². The van der Waals surface area contributed by atoms with Crippen LogP contribution in [-0.2, 0) is 18.4 Å². The van der Waals surface area contributed by atoms with Crippen LogP contribution in [0.3, 0.4) is 0 Å². The van der Waals surface area contributed by atoms with E-state index in [0.29, 0.717) is 12.4 Å². The Balaban J connectivity index is 2.71. The van der Waals surface area contributed by atoms with E-state index in [1.165, 1.54) is 0 Å². The van der Waals surface area contributed by atoms with Crippen molar-refractivity contribution < 1.29 is 14.6 Å². The minimum absolute atomic E-state index is 0.0719. The zero-order valence-corrected chi connectivity index (χ0v) is 9.07. The van der Waals surface area contributed by atoms with Gasteiger partial charge in [0.15, 0.2) is 0 Å². The summed E-state index contributed by atoms with van der Waals surface area (Å²) in [5.74, 6) is -0.221. The lowest BCUT2D eigenvalue weighted by molar-refractivity contribution is -0.136. The largest absolute Gasteiger partial charge is 0.481 e. The molecule has 0 aliphatic rings. The van der Waals surface area contributed by atoms with E-state index in [-0.39, 0.29) is 6.54 Å². The van der Waals surface area contributed by atoms with E-state index in [1.54, 1.807) is 18.8 Å². The highest BCUT2D eigenvalue weighted by atomic mass is 16.5. The summed E-state index contributed by atoms with van der Waals surface area (Å²) in [4.78, 5) is 10.3. The molecule has 2 N–H and O–H groups in total. The van der Waals surface area contributed by atoms with Gasteiger partial charge in [-0.1, -0.05) is 0 Å². The van der Waals surface area contributed by atoms with Gasteiger partial charge >= 0.3 is 5.97 Å². The molecule has 1 aromatic heterocycles. The molecular formula is C9H15N3O3. The number of ether oxygens (including phenoxy) is 1. The van der Waals surface area contributed by atoms with Gasteiger partial charge in [-0.2, -0.15) is 5.10 Å². The van der Waals surface area contributed by atoms with Crippen molar-refractivity contribution in [3.63, 3.8) is 0 Å². The van der Waals surface area contributed by atoms with Crippen molar-refractivity contribution in [2.75, 3.05) is 13.7 Å². The Morgan fingerprint density at radius 3 is 2.87 bits per heavy atom. The Labute approximate surface area is 87.8 Å². The summed E-state index contributed by atoms with van der Waals surface area (Å²) < 4.78 is 6.80. The number of rotatable bonds is 5. The highest BCUT2D eigenvalue weighted by Crippen LogP contribution is 2.20. The zero-order valence-electron chi connectivity index (χ0n) is 9.07. The molecule has 1 rings (SSSR count). The van der Waals surface area contributed by atoms with Crippen LogP contribution >= 0.6 is 0 Å². The Morgan fingerprint density at radius 1 is 1.67 bits per heavy atom. The predicted octanol–water partition coefficient (Wildman–Crippen LogP) is -0.0887. The minimum atomic E-state index is -0.879. The van der Waals surface area contributed by atoms with Crippen molar-refractivity contribution in [2.45, 2.75) is 13.5 Å². The van der Waals surface area contributed by atoms with Crippen LogP contribution < -0.4 is 10.1 Å². The number of aliphatic carboxylic acids is 1. The van der Waals surface area contributed by atoms with Gasteiger partial charge in [-0.05, 0) is 6.92 Å². The number of hydrogen-bond donors (Lipinski definition) is 2. The zero-order chi connectivity index (χ0) is 11.4. The van der Waals surface area contributed by atoms with Gasteiger partial charge in [0.05, 0.1) is 24.9 Å². The second-order valence-electron chi connectivity index (χ2n) is 3.19. The van der Waals surface area contributed by atoms with Gasteiger partial charge in [-0.25, -0.2) is 4.68 Å². The molecular weight excluding hydrogens is 198 g/mol. The quantitative estimate of drug-likeness (QED) is 0.715. The average Bonchev–Trinajstić information content (AvgIpc) is 2.41. The lowest BCUT2D eigenvalue weighted by Gasteiger charge is -2.04. The number of aromatic nitrogens is 2. The van der Waals surface area contributed by atoms with Crippen molar-refractivity contribution in [2.24, 2.45) is 7.05 Å². The highest BCUT2D eigenvalue weighted by molar-refractivity contribution is 5.69. The van der Waals surface area contributed by atoms with Gasteiger partial charge in [-0.3, -0.25) is 4.79 Å². The highest BCUT2D eigenvalue weighted by Gasteiger charge is 2.13. The monoisotopic (exact) mass is 213 g/mol. The van der Waals surface area contributed by atoms with E-state index in [2.05, 4.69) is 10.4 Å². The van der Waals surface area contributed by atoms with Crippen LogP contribution in [-0.4, -0.2) is 34.5 Å². The van der Waals surface area contributed by atoms with Crippen LogP contribution in [0.2, 0.25) is 0 Å². The predicted molar refractivity (Wildman–Crippen MR) is 53.8 cm³/mol. The van der Waals surface area contributed by atoms with E-state index in [1.807, 2.05) is 6.92 Å².